The minimum absolute atomic E-state index is 0.0372. The zero-order valence-electron chi connectivity index (χ0n) is 10.9. The average Bonchev–Trinajstić information content (AvgIpc) is 2.38. The SMILES string of the molecule is CN(C(=O)c1ccc(F)cc1I)C1CCC(N)CC1. The molecule has 2 rings (SSSR count). The number of carbonyl (C=O) groups is 1. The van der Waals surface area contributed by atoms with Crippen LogP contribution in [0.2, 0.25) is 0 Å². The van der Waals surface area contributed by atoms with Crippen molar-refractivity contribution in [2.75, 3.05) is 7.05 Å². The summed E-state index contributed by atoms with van der Waals surface area (Å²) in [5.74, 6) is -0.350. The zero-order chi connectivity index (χ0) is 14.0. The van der Waals surface area contributed by atoms with Crippen LogP contribution in [0.3, 0.4) is 0 Å². The monoisotopic (exact) mass is 376 g/mol. The first-order valence-electron chi connectivity index (χ1n) is 6.47. The van der Waals surface area contributed by atoms with Crippen LogP contribution >= 0.6 is 22.6 Å². The van der Waals surface area contributed by atoms with Gasteiger partial charge < -0.3 is 10.6 Å². The molecule has 19 heavy (non-hydrogen) atoms. The van der Waals surface area contributed by atoms with Crippen molar-refractivity contribution in [2.45, 2.75) is 37.8 Å². The Labute approximate surface area is 126 Å². The van der Waals surface area contributed by atoms with E-state index < -0.39 is 0 Å². The third kappa shape index (κ3) is 3.45. The molecule has 1 amide bonds. The van der Waals surface area contributed by atoms with E-state index in [0.717, 1.165) is 25.7 Å². The van der Waals surface area contributed by atoms with Crippen LogP contribution in [0.4, 0.5) is 4.39 Å². The first kappa shape index (κ1) is 14.7. The summed E-state index contributed by atoms with van der Waals surface area (Å²) in [4.78, 5) is 14.2. The van der Waals surface area contributed by atoms with Crippen molar-refractivity contribution in [3.05, 3.63) is 33.1 Å². The van der Waals surface area contributed by atoms with E-state index in [1.165, 1.54) is 12.1 Å². The second-order valence-corrected chi connectivity index (χ2v) is 6.27. The maximum Gasteiger partial charge on any atom is 0.254 e. The molecule has 1 aromatic carbocycles. The molecular weight excluding hydrogens is 358 g/mol. The number of halogens is 2. The summed E-state index contributed by atoms with van der Waals surface area (Å²) < 4.78 is 13.7. The molecule has 1 saturated carbocycles. The molecule has 1 aliphatic rings. The van der Waals surface area contributed by atoms with Crippen molar-refractivity contribution in [1.29, 1.82) is 0 Å². The molecule has 0 saturated heterocycles. The maximum atomic E-state index is 13.1. The molecule has 0 aliphatic heterocycles. The summed E-state index contributed by atoms with van der Waals surface area (Å²) in [5.41, 5.74) is 6.45. The van der Waals surface area contributed by atoms with Gasteiger partial charge in [0.05, 0.1) is 5.56 Å². The van der Waals surface area contributed by atoms with Crippen molar-refractivity contribution >= 4 is 28.5 Å². The minimum atomic E-state index is -0.313. The van der Waals surface area contributed by atoms with Gasteiger partial charge in [0, 0.05) is 22.7 Å². The van der Waals surface area contributed by atoms with Crippen LogP contribution in [-0.2, 0) is 0 Å². The van der Waals surface area contributed by atoms with Crippen molar-refractivity contribution < 1.29 is 9.18 Å². The van der Waals surface area contributed by atoms with E-state index in [2.05, 4.69) is 0 Å². The normalized spacial score (nSPS) is 23.2. The predicted molar refractivity (Wildman–Crippen MR) is 81.4 cm³/mol. The Morgan fingerprint density at radius 3 is 2.58 bits per heavy atom. The highest BCUT2D eigenvalue weighted by molar-refractivity contribution is 14.1. The van der Waals surface area contributed by atoms with E-state index in [9.17, 15) is 9.18 Å². The molecule has 1 fully saturated rings. The molecule has 0 radical (unpaired) electrons. The smallest absolute Gasteiger partial charge is 0.254 e. The lowest BCUT2D eigenvalue weighted by atomic mass is 9.90. The number of rotatable bonds is 2. The lowest BCUT2D eigenvalue weighted by molar-refractivity contribution is 0.0689. The molecule has 104 valence electrons. The molecular formula is C14H18FIN2O. The zero-order valence-corrected chi connectivity index (χ0v) is 13.1. The predicted octanol–water partition coefficient (Wildman–Crippen LogP) is 2.77. The molecule has 0 unspecified atom stereocenters. The van der Waals surface area contributed by atoms with Crippen LogP contribution in [0.25, 0.3) is 0 Å². The van der Waals surface area contributed by atoms with Gasteiger partial charge in [-0.3, -0.25) is 4.79 Å². The second kappa shape index (κ2) is 6.17. The lowest BCUT2D eigenvalue weighted by Gasteiger charge is -2.33. The van der Waals surface area contributed by atoms with Crippen LogP contribution in [0, 0.1) is 9.39 Å². The third-order valence-corrected chi connectivity index (χ3v) is 4.66. The second-order valence-electron chi connectivity index (χ2n) is 5.11. The largest absolute Gasteiger partial charge is 0.339 e. The molecule has 0 atom stereocenters. The van der Waals surface area contributed by atoms with Gasteiger partial charge in [-0.05, 0) is 66.5 Å². The van der Waals surface area contributed by atoms with Crippen molar-refractivity contribution in [3.8, 4) is 0 Å². The van der Waals surface area contributed by atoms with Gasteiger partial charge in [0.15, 0.2) is 0 Å². The maximum absolute atomic E-state index is 13.1. The number of benzene rings is 1. The Morgan fingerprint density at radius 1 is 1.37 bits per heavy atom. The van der Waals surface area contributed by atoms with Crippen molar-refractivity contribution in [2.24, 2.45) is 5.73 Å². The van der Waals surface area contributed by atoms with Crippen LogP contribution < -0.4 is 5.73 Å². The first-order valence-corrected chi connectivity index (χ1v) is 7.54. The fourth-order valence-electron chi connectivity index (χ4n) is 2.51. The Balaban J connectivity index is 2.10. The van der Waals surface area contributed by atoms with Crippen LogP contribution in [0.1, 0.15) is 36.0 Å². The van der Waals surface area contributed by atoms with Crippen molar-refractivity contribution in [3.63, 3.8) is 0 Å². The number of carbonyl (C=O) groups excluding carboxylic acids is 1. The number of nitrogens with zero attached hydrogens (tertiary/aromatic N) is 1. The highest BCUT2D eigenvalue weighted by atomic mass is 127. The molecule has 3 nitrogen and oxygen atoms in total. The van der Waals surface area contributed by atoms with Gasteiger partial charge in [-0.1, -0.05) is 0 Å². The quantitative estimate of drug-likeness (QED) is 0.807. The van der Waals surface area contributed by atoms with Gasteiger partial charge in [-0.15, -0.1) is 0 Å². The number of nitrogens with two attached hydrogens (primary N) is 1. The van der Waals surface area contributed by atoms with E-state index in [1.54, 1.807) is 11.0 Å². The van der Waals surface area contributed by atoms with Gasteiger partial charge in [-0.25, -0.2) is 4.39 Å². The summed E-state index contributed by atoms with van der Waals surface area (Å²) in [5, 5.41) is 0. The fourth-order valence-corrected chi connectivity index (χ4v) is 3.22. The van der Waals surface area contributed by atoms with Gasteiger partial charge >= 0.3 is 0 Å². The minimum Gasteiger partial charge on any atom is -0.339 e. The molecule has 2 N–H and O–H groups in total. The highest BCUT2D eigenvalue weighted by Crippen LogP contribution is 2.24. The standard InChI is InChI=1S/C14H18FIN2O/c1-18(11-5-3-10(17)4-6-11)14(19)12-7-2-9(15)8-13(12)16/h2,7-8,10-11H,3-6,17H2,1H3. The molecule has 1 aromatic rings. The van der Waals surface area contributed by atoms with E-state index >= 15 is 0 Å². The Kier molecular flexibility index (Phi) is 4.78. The Morgan fingerprint density at radius 2 is 2.00 bits per heavy atom. The fraction of sp³-hybridized carbons (Fsp3) is 0.500. The molecule has 0 aromatic heterocycles. The average molecular weight is 376 g/mol. The number of amides is 1. The Hall–Kier alpha value is -0.690. The van der Waals surface area contributed by atoms with Gasteiger partial charge in [0.2, 0.25) is 0 Å². The van der Waals surface area contributed by atoms with E-state index in [1.807, 2.05) is 29.6 Å². The van der Waals surface area contributed by atoms with Crippen LogP contribution in [0.15, 0.2) is 18.2 Å². The van der Waals surface area contributed by atoms with Gasteiger partial charge in [0.25, 0.3) is 5.91 Å². The summed E-state index contributed by atoms with van der Waals surface area (Å²) in [6, 6.07) is 4.79. The summed E-state index contributed by atoms with van der Waals surface area (Å²) in [7, 11) is 1.82. The number of hydrogen-bond acceptors (Lipinski definition) is 2. The van der Waals surface area contributed by atoms with Gasteiger partial charge in [-0.2, -0.15) is 0 Å². The molecule has 1 aliphatic carbocycles. The third-order valence-electron chi connectivity index (χ3n) is 3.77. The molecule has 0 heterocycles. The topological polar surface area (TPSA) is 46.3 Å². The summed E-state index contributed by atoms with van der Waals surface area (Å²) in [6.07, 6.45) is 3.81. The molecule has 5 heteroatoms. The van der Waals surface area contributed by atoms with E-state index in [0.29, 0.717) is 9.13 Å². The first-order chi connectivity index (χ1) is 8.99. The highest BCUT2D eigenvalue weighted by Gasteiger charge is 2.26. The van der Waals surface area contributed by atoms with E-state index in [4.69, 9.17) is 5.73 Å². The van der Waals surface area contributed by atoms with Crippen molar-refractivity contribution in [1.82, 2.24) is 4.90 Å². The summed E-state index contributed by atoms with van der Waals surface area (Å²) >= 11 is 2.00. The van der Waals surface area contributed by atoms with Gasteiger partial charge in [0.1, 0.15) is 5.82 Å². The lowest BCUT2D eigenvalue weighted by Crippen LogP contribution is -2.42. The number of hydrogen-bond donors (Lipinski definition) is 1. The van der Waals surface area contributed by atoms with Crippen LogP contribution in [-0.4, -0.2) is 29.9 Å². The summed E-state index contributed by atoms with van der Waals surface area (Å²) in [6.45, 7) is 0. The van der Waals surface area contributed by atoms with Crippen LogP contribution in [0.5, 0.6) is 0 Å². The molecule has 0 bridgehead atoms. The molecule has 0 spiro atoms. The Bertz CT molecular complexity index is 473. The van der Waals surface area contributed by atoms with E-state index in [-0.39, 0.29) is 23.8 Å².